The lowest BCUT2D eigenvalue weighted by molar-refractivity contribution is -0.215. The Morgan fingerprint density at radius 1 is 1.27 bits per heavy atom. The number of benzene rings is 1. The molecular weight excluding hydrogens is 401 g/mol. The van der Waals surface area contributed by atoms with E-state index in [-0.39, 0.29) is 12.5 Å². The maximum absolute atomic E-state index is 12.8. The van der Waals surface area contributed by atoms with Gasteiger partial charge in [0.05, 0.1) is 24.7 Å². The van der Waals surface area contributed by atoms with Crippen LogP contribution < -0.4 is 15.1 Å². The molecule has 1 aliphatic heterocycles. The second-order valence-electron chi connectivity index (χ2n) is 7.09. The molecule has 0 saturated carbocycles. The van der Waals surface area contributed by atoms with Crippen molar-refractivity contribution in [1.82, 2.24) is 15.5 Å². The van der Waals surface area contributed by atoms with Crippen molar-refractivity contribution >= 4 is 11.5 Å². The van der Waals surface area contributed by atoms with Crippen molar-refractivity contribution < 1.29 is 27.5 Å². The number of nitrogens with one attached hydrogen (secondary N) is 1. The average Bonchev–Trinajstić information content (AvgIpc) is 3.18. The van der Waals surface area contributed by atoms with Crippen molar-refractivity contribution in [2.24, 2.45) is 0 Å². The molecule has 3 rings (SSSR count). The Labute approximate surface area is 172 Å². The van der Waals surface area contributed by atoms with E-state index in [4.69, 9.17) is 9.57 Å². The van der Waals surface area contributed by atoms with Crippen molar-refractivity contribution in [2.75, 3.05) is 18.3 Å². The number of nitrogens with zero attached hydrogens (tertiary/aromatic N) is 3. The van der Waals surface area contributed by atoms with Gasteiger partial charge in [-0.05, 0) is 62.1 Å². The molecule has 1 aliphatic rings. The molecule has 0 aliphatic carbocycles. The van der Waals surface area contributed by atoms with E-state index in [1.807, 2.05) is 13.8 Å². The summed E-state index contributed by atoms with van der Waals surface area (Å²) in [6.45, 7) is 5.49. The van der Waals surface area contributed by atoms with Gasteiger partial charge in [-0.3, -0.25) is 10.1 Å². The van der Waals surface area contributed by atoms with Crippen LogP contribution in [0.25, 0.3) is 0 Å². The number of aromatic nitrogens is 2. The van der Waals surface area contributed by atoms with Gasteiger partial charge in [0.25, 0.3) is 0 Å². The third-order valence-electron chi connectivity index (χ3n) is 4.59. The molecule has 0 radical (unpaired) electrons. The van der Waals surface area contributed by atoms with Crippen molar-refractivity contribution in [3.05, 3.63) is 46.8 Å². The molecule has 1 fully saturated rings. The van der Waals surface area contributed by atoms with Crippen LogP contribution in [0.2, 0.25) is 0 Å². The number of hydroxylamine groups is 1. The Morgan fingerprint density at radius 2 is 1.97 bits per heavy atom. The molecule has 0 bridgehead atoms. The number of ketones is 1. The topological polar surface area (TPSA) is 76.6 Å². The second kappa shape index (κ2) is 8.97. The molecule has 7 nitrogen and oxygen atoms in total. The minimum Gasteiger partial charge on any atom is -0.493 e. The largest absolute Gasteiger partial charge is 0.493 e. The van der Waals surface area contributed by atoms with Gasteiger partial charge in [0.15, 0.2) is 5.78 Å². The van der Waals surface area contributed by atoms with Crippen molar-refractivity contribution in [1.29, 1.82) is 0 Å². The molecule has 1 unspecified atom stereocenters. The highest BCUT2D eigenvalue weighted by molar-refractivity contribution is 5.91. The van der Waals surface area contributed by atoms with Gasteiger partial charge < -0.3 is 4.74 Å². The third-order valence-corrected chi connectivity index (χ3v) is 4.59. The summed E-state index contributed by atoms with van der Waals surface area (Å²) in [6.07, 6.45) is -5.14. The predicted molar refractivity (Wildman–Crippen MR) is 103 cm³/mol. The third kappa shape index (κ3) is 5.25. The highest BCUT2D eigenvalue weighted by atomic mass is 19.4. The first-order valence-electron chi connectivity index (χ1n) is 9.47. The zero-order chi connectivity index (χ0) is 21.9. The Bertz CT molecular complexity index is 880. The molecule has 10 heteroatoms. The number of alkyl halides is 3. The molecule has 1 aromatic heterocycles. The molecule has 0 amide bonds. The quantitative estimate of drug-likeness (QED) is 0.539. The zero-order valence-electron chi connectivity index (χ0n) is 16.9. The maximum atomic E-state index is 12.8. The van der Waals surface area contributed by atoms with E-state index in [0.717, 1.165) is 16.8 Å². The normalized spacial score (nSPS) is 16.7. The molecular formula is C20H23F3N4O3. The number of carbonyl (C=O) groups excluding carboxylic acids is 1. The van der Waals surface area contributed by atoms with Crippen LogP contribution in [0.1, 0.15) is 40.7 Å². The van der Waals surface area contributed by atoms with E-state index in [0.29, 0.717) is 36.6 Å². The fraction of sp³-hybridized carbons (Fsp3) is 0.450. The van der Waals surface area contributed by atoms with E-state index < -0.39 is 12.4 Å². The highest BCUT2D eigenvalue weighted by Crippen LogP contribution is 2.32. The molecule has 1 atom stereocenters. The summed E-state index contributed by atoms with van der Waals surface area (Å²) in [7, 11) is 0. The number of ether oxygens (including phenoxy) is 1. The maximum Gasteiger partial charge on any atom is 0.430 e. The fourth-order valence-electron chi connectivity index (χ4n) is 3.10. The fourth-order valence-corrected chi connectivity index (χ4v) is 3.10. The van der Waals surface area contributed by atoms with Gasteiger partial charge in [0.1, 0.15) is 11.4 Å². The van der Waals surface area contributed by atoms with Gasteiger partial charge in [-0.15, -0.1) is 5.10 Å². The zero-order valence-corrected chi connectivity index (χ0v) is 16.9. The summed E-state index contributed by atoms with van der Waals surface area (Å²) in [5.74, 6) is 0.562. The van der Waals surface area contributed by atoms with E-state index in [9.17, 15) is 18.0 Å². The van der Waals surface area contributed by atoms with Crippen LogP contribution in [0.3, 0.4) is 0 Å². The van der Waals surface area contributed by atoms with Gasteiger partial charge in [0, 0.05) is 6.92 Å². The minimum absolute atomic E-state index is 0.0628. The summed E-state index contributed by atoms with van der Waals surface area (Å²) >= 11 is 0. The lowest BCUT2D eigenvalue weighted by Gasteiger charge is -2.20. The Balaban J connectivity index is 1.55. The van der Waals surface area contributed by atoms with Crippen LogP contribution in [-0.4, -0.2) is 41.7 Å². The van der Waals surface area contributed by atoms with Crippen LogP contribution in [0.4, 0.5) is 18.9 Å². The molecule has 162 valence electrons. The molecule has 1 N–H and O–H groups in total. The van der Waals surface area contributed by atoms with Crippen LogP contribution in [0.5, 0.6) is 5.75 Å². The Hall–Kier alpha value is -2.72. The van der Waals surface area contributed by atoms with Gasteiger partial charge in [-0.2, -0.15) is 18.3 Å². The number of carbonyl (C=O) groups is 1. The number of halogens is 3. The first-order valence-corrected chi connectivity index (χ1v) is 9.47. The lowest BCUT2D eigenvalue weighted by Crippen LogP contribution is -2.38. The number of anilines is 1. The number of aryl methyl sites for hydroxylation is 3. The molecule has 30 heavy (non-hydrogen) atoms. The predicted octanol–water partition coefficient (Wildman–Crippen LogP) is 3.49. The lowest BCUT2D eigenvalue weighted by atomic mass is 10.1. The Morgan fingerprint density at radius 3 is 2.50 bits per heavy atom. The molecule has 2 aromatic rings. The van der Waals surface area contributed by atoms with Crippen molar-refractivity contribution in [3.63, 3.8) is 0 Å². The summed E-state index contributed by atoms with van der Waals surface area (Å²) < 4.78 is 44.2. The van der Waals surface area contributed by atoms with E-state index in [2.05, 4.69) is 15.5 Å². The summed E-state index contributed by atoms with van der Waals surface area (Å²) in [4.78, 5) is 16.2. The van der Waals surface area contributed by atoms with E-state index >= 15 is 0 Å². The first kappa shape index (κ1) is 22.0. The first-order chi connectivity index (χ1) is 14.1. The number of hydrogen-bond acceptors (Lipinski definition) is 7. The van der Waals surface area contributed by atoms with Gasteiger partial charge in [-0.25, -0.2) is 9.90 Å². The smallest absolute Gasteiger partial charge is 0.430 e. The summed E-state index contributed by atoms with van der Waals surface area (Å²) in [5, 5.41) is 11.4. The number of Topliss-reactive ketones (excluding diaryl/α,β-unsaturated/α-hetero) is 1. The number of rotatable bonds is 7. The minimum atomic E-state index is -4.47. The van der Waals surface area contributed by atoms with Crippen LogP contribution >= 0.6 is 0 Å². The molecule has 1 aromatic carbocycles. The van der Waals surface area contributed by atoms with E-state index in [1.165, 1.54) is 12.0 Å². The van der Waals surface area contributed by atoms with Crippen LogP contribution in [-0.2, 0) is 11.3 Å². The van der Waals surface area contributed by atoms with Gasteiger partial charge in [0.2, 0.25) is 6.23 Å². The van der Waals surface area contributed by atoms with E-state index in [1.54, 1.807) is 24.3 Å². The second-order valence-corrected chi connectivity index (χ2v) is 7.09. The highest BCUT2D eigenvalue weighted by Gasteiger charge is 2.45. The SMILES string of the molecule is CC(=O)c1ccc(CCCOc2c(C)cc(N3CNC(C(F)(F)F)O3)cc2C)nn1. The Kier molecular flexibility index (Phi) is 6.57. The number of hydrogen-bond donors (Lipinski definition) is 1. The average molecular weight is 424 g/mol. The standard InChI is InChI=1S/C20H23F3N4O3/c1-12-9-16(27-11-24-19(30-27)20(21,22)23)10-13(2)18(12)29-8-4-5-15-6-7-17(14(3)28)26-25-15/h6-7,9-10,19,24H,4-5,8,11H2,1-3H3. The van der Waals surface area contributed by atoms with Crippen LogP contribution in [0.15, 0.2) is 24.3 Å². The molecule has 0 spiro atoms. The monoisotopic (exact) mass is 424 g/mol. The van der Waals surface area contributed by atoms with Gasteiger partial charge >= 0.3 is 6.18 Å². The summed E-state index contributed by atoms with van der Waals surface area (Å²) in [5.41, 5.74) is 3.23. The van der Waals surface area contributed by atoms with Gasteiger partial charge in [-0.1, -0.05) is 0 Å². The summed E-state index contributed by atoms with van der Waals surface area (Å²) in [6, 6.07) is 6.88. The van der Waals surface area contributed by atoms with Crippen LogP contribution in [0, 0.1) is 13.8 Å². The van der Waals surface area contributed by atoms with Crippen molar-refractivity contribution in [3.8, 4) is 5.75 Å². The molecule has 1 saturated heterocycles. The molecule has 2 heterocycles. The van der Waals surface area contributed by atoms with Crippen molar-refractivity contribution in [2.45, 2.75) is 46.0 Å².